The molecule has 0 fully saturated rings. The molecule has 90 valence electrons. The van der Waals surface area contributed by atoms with E-state index in [0.717, 1.165) is 12.2 Å². The van der Waals surface area contributed by atoms with E-state index in [9.17, 15) is 4.39 Å². The monoisotopic (exact) mass is 234 g/mol. The maximum atomic E-state index is 13.2. The molecule has 0 aliphatic heterocycles. The van der Waals surface area contributed by atoms with Gasteiger partial charge < -0.3 is 15.6 Å². The Labute approximate surface area is 99.3 Å². The van der Waals surface area contributed by atoms with Gasteiger partial charge in [0.2, 0.25) is 0 Å². The fourth-order valence-electron chi connectivity index (χ4n) is 1.66. The van der Waals surface area contributed by atoms with Crippen molar-refractivity contribution in [2.24, 2.45) is 0 Å². The van der Waals surface area contributed by atoms with Gasteiger partial charge in [0.1, 0.15) is 5.82 Å². The average Bonchev–Trinajstić information content (AvgIpc) is 2.78. The van der Waals surface area contributed by atoms with E-state index in [1.807, 2.05) is 11.5 Å². The Hall–Kier alpha value is -2.04. The van der Waals surface area contributed by atoms with Crippen LogP contribution in [0.2, 0.25) is 0 Å². The quantitative estimate of drug-likeness (QED) is 0.798. The smallest absolute Gasteiger partial charge is 0.148 e. The summed E-state index contributed by atoms with van der Waals surface area (Å²) in [5.74, 6) is -0.404. The van der Waals surface area contributed by atoms with E-state index in [2.05, 4.69) is 10.3 Å². The van der Waals surface area contributed by atoms with Crippen molar-refractivity contribution in [3.8, 4) is 0 Å². The molecule has 1 aromatic heterocycles. The molecule has 4 nitrogen and oxygen atoms in total. The number of para-hydroxylation sites is 1. The summed E-state index contributed by atoms with van der Waals surface area (Å²) in [5, 5.41) is 3.11. The lowest BCUT2D eigenvalue weighted by Gasteiger charge is -2.10. The number of nitrogens with one attached hydrogen (secondary N) is 1. The molecule has 0 aliphatic carbocycles. The number of nitrogen functional groups attached to an aromatic ring is 1. The molecule has 0 unspecified atom stereocenters. The first-order chi connectivity index (χ1) is 8.22. The molecule has 0 bridgehead atoms. The van der Waals surface area contributed by atoms with Crippen molar-refractivity contribution >= 4 is 11.4 Å². The third-order valence-corrected chi connectivity index (χ3v) is 2.65. The van der Waals surface area contributed by atoms with Gasteiger partial charge in [0.05, 0.1) is 29.9 Å². The molecule has 0 atom stereocenters. The summed E-state index contributed by atoms with van der Waals surface area (Å²) in [4.78, 5) is 4.06. The minimum absolute atomic E-state index is 0.148. The van der Waals surface area contributed by atoms with Crippen LogP contribution >= 0.6 is 0 Å². The number of aromatic nitrogens is 2. The predicted octanol–water partition coefficient (Wildman–Crippen LogP) is 2.24. The molecule has 0 radical (unpaired) electrons. The Bertz CT molecular complexity index is 507. The average molecular weight is 234 g/mol. The molecule has 1 aromatic carbocycles. The van der Waals surface area contributed by atoms with Crippen molar-refractivity contribution in [3.05, 3.63) is 42.2 Å². The Morgan fingerprint density at radius 3 is 3.06 bits per heavy atom. The van der Waals surface area contributed by atoms with E-state index in [0.29, 0.717) is 12.2 Å². The van der Waals surface area contributed by atoms with Gasteiger partial charge in [-0.25, -0.2) is 9.37 Å². The summed E-state index contributed by atoms with van der Waals surface area (Å²) in [6.45, 7) is 3.47. The second-order valence-corrected chi connectivity index (χ2v) is 3.73. The van der Waals surface area contributed by atoms with Gasteiger partial charge in [-0.15, -0.1) is 0 Å². The van der Waals surface area contributed by atoms with Crippen molar-refractivity contribution < 1.29 is 4.39 Å². The van der Waals surface area contributed by atoms with Crippen LogP contribution in [0.15, 0.2) is 30.7 Å². The van der Waals surface area contributed by atoms with Gasteiger partial charge in [0.15, 0.2) is 0 Å². The number of anilines is 2. The highest BCUT2D eigenvalue weighted by molar-refractivity contribution is 5.66. The number of halogens is 1. The zero-order valence-electron chi connectivity index (χ0n) is 9.65. The molecule has 1 heterocycles. The first kappa shape index (κ1) is 11.4. The first-order valence-electron chi connectivity index (χ1n) is 5.49. The van der Waals surface area contributed by atoms with Crippen LogP contribution in [-0.2, 0) is 13.1 Å². The Kier molecular flexibility index (Phi) is 3.27. The number of nitrogens with two attached hydrogens (primary N) is 1. The molecule has 5 heteroatoms. The van der Waals surface area contributed by atoms with Gasteiger partial charge >= 0.3 is 0 Å². The minimum Gasteiger partial charge on any atom is -0.395 e. The van der Waals surface area contributed by atoms with Crippen LogP contribution in [-0.4, -0.2) is 9.55 Å². The highest BCUT2D eigenvalue weighted by Gasteiger charge is 2.05. The number of imidazole rings is 1. The molecule has 17 heavy (non-hydrogen) atoms. The molecule has 0 saturated heterocycles. The summed E-state index contributed by atoms with van der Waals surface area (Å²) in [5.41, 5.74) is 7.42. The number of benzene rings is 1. The summed E-state index contributed by atoms with van der Waals surface area (Å²) in [7, 11) is 0. The molecular formula is C12H15FN4. The van der Waals surface area contributed by atoms with Crippen LogP contribution < -0.4 is 11.1 Å². The van der Waals surface area contributed by atoms with Crippen molar-refractivity contribution in [2.45, 2.75) is 20.0 Å². The number of hydrogen-bond acceptors (Lipinski definition) is 3. The number of hydrogen-bond donors (Lipinski definition) is 2. The molecule has 0 aliphatic rings. The van der Waals surface area contributed by atoms with Crippen LogP contribution in [0, 0.1) is 5.82 Å². The van der Waals surface area contributed by atoms with Crippen LogP contribution in [0.5, 0.6) is 0 Å². The fourth-order valence-corrected chi connectivity index (χ4v) is 1.66. The lowest BCUT2D eigenvalue weighted by atomic mass is 10.2. The van der Waals surface area contributed by atoms with Crippen LogP contribution in [0.1, 0.15) is 12.6 Å². The topological polar surface area (TPSA) is 55.9 Å². The van der Waals surface area contributed by atoms with E-state index in [1.165, 1.54) is 6.07 Å². The van der Waals surface area contributed by atoms with Gasteiger partial charge in [-0.05, 0) is 19.1 Å². The fraction of sp³-hybridized carbons (Fsp3) is 0.250. The van der Waals surface area contributed by atoms with Crippen molar-refractivity contribution in [3.63, 3.8) is 0 Å². The number of aryl methyl sites for hydroxylation is 1. The van der Waals surface area contributed by atoms with Gasteiger partial charge in [-0.2, -0.15) is 0 Å². The van der Waals surface area contributed by atoms with Crippen LogP contribution in [0.25, 0.3) is 0 Å². The van der Waals surface area contributed by atoms with Crippen molar-refractivity contribution in [1.29, 1.82) is 0 Å². The zero-order chi connectivity index (χ0) is 12.3. The van der Waals surface area contributed by atoms with Crippen LogP contribution in [0.4, 0.5) is 15.8 Å². The Morgan fingerprint density at radius 1 is 1.47 bits per heavy atom. The SMILES string of the molecule is CCn1cncc1CNc1cccc(F)c1N. The zero-order valence-corrected chi connectivity index (χ0v) is 9.65. The summed E-state index contributed by atoms with van der Waals surface area (Å²) < 4.78 is 15.2. The van der Waals surface area contributed by atoms with Gasteiger partial charge in [-0.1, -0.05) is 6.07 Å². The van der Waals surface area contributed by atoms with Crippen molar-refractivity contribution in [2.75, 3.05) is 11.1 Å². The lowest BCUT2D eigenvalue weighted by Crippen LogP contribution is -2.07. The van der Waals surface area contributed by atoms with E-state index in [-0.39, 0.29) is 5.69 Å². The predicted molar refractivity (Wildman–Crippen MR) is 66.0 cm³/mol. The molecule has 3 N–H and O–H groups in total. The largest absolute Gasteiger partial charge is 0.395 e. The minimum atomic E-state index is -0.404. The highest BCUT2D eigenvalue weighted by atomic mass is 19.1. The van der Waals surface area contributed by atoms with Crippen molar-refractivity contribution in [1.82, 2.24) is 9.55 Å². The van der Waals surface area contributed by atoms with E-state index < -0.39 is 5.82 Å². The molecule has 0 amide bonds. The standard InChI is InChI=1S/C12H15FN4/c1-2-17-8-15-6-9(17)7-16-11-5-3-4-10(13)12(11)14/h3-6,8,16H,2,7,14H2,1H3. The maximum Gasteiger partial charge on any atom is 0.148 e. The van der Waals surface area contributed by atoms with E-state index in [1.54, 1.807) is 24.7 Å². The number of nitrogens with zero attached hydrogens (tertiary/aromatic N) is 2. The molecule has 0 saturated carbocycles. The van der Waals surface area contributed by atoms with Gasteiger partial charge in [0, 0.05) is 12.7 Å². The second kappa shape index (κ2) is 4.86. The third kappa shape index (κ3) is 2.38. The van der Waals surface area contributed by atoms with Gasteiger partial charge in [-0.3, -0.25) is 0 Å². The molecule has 2 rings (SSSR count). The maximum absolute atomic E-state index is 13.2. The van der Waals surface area contributed by atoms with Crippen LogP contribution in [0.3, 0.4) is 0 Å². The van der Waals surface area contributed by atoms with Gasteiger partial charge in [0.25, 0.3) is 0 Å². The van der Waals surface area contributed by atoms with E-state index >= 15 is 0 Å². The normalized spacial score (nSPS) is 10.5. The third-order valence-electron chi connectivity index (χ3n) is 2.65. The summed E-state index contributed by atoms with van der Waals surface area (Å²) in [6.07, 6.45) is 3.55. The first-order valence-corrected chi connectivity index (χ1v) is 5.49. The summed E-state index contributed by atoms with van der Waals surface area (Å²) in [6, 6.07) is 4.73. The molecule has 2 aromatic rings. The summed E-state index contributed by atoms with van der Waals surface area (Å²) >= 11 is 0. The van der Waals surface area contributed by atoms with E-state index in [4.69, 9.17) is 5.73 Å². The highest BCUT2D eigenvalue weighted by Crippen LogP contribution is 2.21. The molecule has 0 spiro atoms. The Balaban J connectivity index is 2.10. The second-order valence-electron chi connectivity index (χ2n) is 3.73. The molecular weight excluding hydrogens is 219 g/mol. The Morgan fingerprint density at radius 2 is 2.29 bits per heavy atom. The number of rotatable bonds is 4. The lowest BCUT2D eigenvalue weighted by molar-refractivity contribution is 0.632.